The Morgan fingerprint density at radius 1 is 1.22 bits per heavy atom. The minimum Gasteiger partial charge on any atom is -0.481 e. The Labute approximate surface area is 167 Å². The van der Waals surface area contributed by atoms with Crippen molar-refractivity contribution in [2.45, 2.75) is 6.04 Å². The number of benzene rings is 2. The molecule has 1 atom stereocenters. The third-order valence-corrected chi connectivity index (χ3v) is 4.98. The highest BCUT2D eigenvalue weighted by Gasteiger charge is 2.25. The Morgan fingerprint density at radius 2 is 1.96 bits per heavy atom. The summed E-state index contributed by atoms with van der Waals surface area (Å²) in [5, 5.41) is 3.69. The molecule has 1 aromatic heterocycles. The maximum atomic E-state index is 12.0. The second kappa shape index (κ2) is 8.50. The molecule has 2 aromatic carbocycles. The van der Waals surface area contributed by atoms with Crippen LogP contribution in [0.1, 0.15) is 17.2 Å². The number of methoxy groups -OCH3 is 1. The number of nitrogens with one attached hydrogen (secondary N) is 1. The number of halogens is 1. The van der Waals surface area contributed by atoms with E-state index in [4.69, 9.17) is 9.72 Å². The molecule has 0 aliphatic heterocycles. The molecule has 0 bridgehead atoms. The topological polar surface area (TPSA) is 54.5 Å². The van der Waals surface area contributed by atoms with Crippen LogP contribution in [0.3, 0.4) is 0 Å². The van der Waals surface area contributed by atoms with Crippen LogP contribution in [0.15, 0.2) is 59.1 Å². The Hall–Kier alpha value is -2.44. The van der Waals surface area contributed by atoms with Crippen molar-refractivity contribution in [3.8, 4) is 5.88 Å². The molecule has 3 aromatic rings. The smallest absolute Gasteiger partial charge is 0.233 e. The first kappa shape index (κ1) is 19.3. The zero-order valence-corrected chi connectivity index (χ0v) is 17.2. The standard InChI is InChI=1S/C21H22BrN3O2/c1-23-19(26)13-25(2)20(14-7-5-4-6-8-14)17-12-15-11-16(22)9-10-18(15)24-21(17)27-3/h4-12,20H,13H2,1-3H3,(H,23,26). The number of carbonyl (C=O) groups is 1. The van der Waals surface area contributed by atoms with Crippen LogP contribution in [-0.2, 0) is 4.79 Å². The molecule has 5 nitrogen and oxygen atoms in total. The van der Waals surface area contributed by atoms with Gasteiger partial charge in [-0.3, -0.25) is 9.69 Å². The molecule has 140 valence electrons. The van der Waals surface area contributed by atoms with E-state index in [2.05, 4.69) is 39.4 Å². The third-order valence-electron chi connectivity index (χ3n) is 4.49. The molecule has 0 saturated carbocycles. The molecule has 27 heavy (non-hydrogen) atoms. The van der Waals surface area contributed by atoms with E-state index >= 15 is 0 Å². The van der Waals surface area contributed by atoms with E-state index in [0.717, 1.165) is 26.5 Å². The highest BCUT2D eigenvalue weighted by Crippen LogP contribution is 2.35. The van der Waals surface area contributed by atoms with Crippen LogP contribution >= 0.6 is 15.9 Å². The molecule has 1 N–H and O–H groups in total. The van der Waals surface area contributed by atoms with Gasteiger partial charge >= 0.3 is 0 Å². The number of rotatable bonds is 6. The second-order valence-corrected chi connectivity index (χ2v) is 7.24. The number of pyridine rings is 1. The van der Waals surface area contributed by atoms with Gasteiger partial charge in [0.05, 0.1) is 25.2 Å². The van der Waals surface area contributed by atoms with Gasteiger partial charge in [-0.1, -0.05) is 46.3 Å². The number of likely N-dealkylation sites (N-methyl/N-ethyl adjacent to an activating group) is 2. The normalized spacial score (nSPS) is 12.2. The summed E-state index contributed by atoms with van der Waals surface area (Å²) in [6.07, 6.45) is 0. The van der Waals surface area contributed by atoms with Gasteiger partial charge in [0.25, 0.3) is 0 Å². The van der Waals surface area contributed by atoms with Crippen molar-refractivity contribution in [2.75, 3.05) is 27.7 Å². The first-order chi connectivity index (χ1) is 13.0. The van der Waals surface area contributed by atoms with Gasteiger partial charge in [-0.25, -0.2) is 4.98 Å². The number of fused-ring (bicyclic) bond motifs is 1. The molecule has 0 radical (unpaired) electrons. The Morgan fingerprint density at radius 3 is 2.63 bits per heavy atom. The van der Waals surface area contributed by atoms with E-state index < -0.39 is 0 Å². The molecule has 0 aliphatic rings. The Kier molecular flexibility index (Phi) is 6.08. The van der Waals surface area contributed by atoms with Crippen LogP contribution in [0, 0.1) is 0 Å². The van der Waals surface area contributed by atoms with Crippen molar-refractivity contribution >= 4 is 32.7 Å². The van der Waals surface area contributed by atoms with Gasteiger partial charge < -0.3 is 10.1 Å². The van der Waals surface area contributed by atoms with E-state index in [0.29, 0.717) is 5.88 Å². The largest absolute Gasteiger partial charge is 0.481 e. The van der Waals surface area contributed by atoms with Crippen molar-refractivity contribution in [1.82, 2.24) is 15.2 Å². The van der Waals surface area contributed by atoms with Gasteiger partial charge in [-0.05, 0) is 36.9 Å². The minimum atomic E-state index is -0.172. The Balaban J connectivity index is 2.17. The van der Waals surface area contributed by atoms with Crippen LogP contribution in [0.2, 0.25) is 0 Å². The van der Waals surface area contributed by atoms with Gasteiger partial charge in [0, 0.05) is 22.5 Å². The molecule has 0 aliphatic carbocycles. The number of carbonyl (C=O) groups excluding carboxylic acids is 1. The number of aromatic nitrogens is 1. The zero-order valence-electron chi connectivity index (χ0n) is 15.6. The lowest BCUT2D eigenvalue weighted by Crippen LogP contribution is -2.36. The van der Waals surface area contributed by atoms with Crippen molar-refractivity contribution in [3.05, 3.63) is 70.2 Å². The van der Waals surface area contributed by atoms with Crippen LogP contribution in [0.25, 0.3) is 10.9 Å². The minimum absolute atomic E-state index is 0.0473. The molecular formula is C21H22BrN3O2. The maximum Gasteiger partial charge on any atom is 0.233 e. The van der Waals surface area contributed by atoms with Crippen LogP contribution in [-0.4, -0.2) is 43.5 Å². The highest BCUT2D eigenvalue weighted by molar-refractivity contribution is 9.10. The molecule has 6 heteroatoms. The molecule has 0 saturated heterocycles. The number of hydrogen-bond acceptors (Lipinski definition) is 4. The Bertz CT molecular complexity index is 947. The van der Waals surface area contributed by atoms with Crippen molar-refractivity contribution in [1.29, 1.82) is 0 Å². The van der Waals surface area contributed by atoms with Crippen molar-refractivity contribution in [2.24, 2.45) is 0 Å². The average molecular weight is 428 g/mol. The summed E-state index contributed by atoms with van der Waals surface area (Å²) in [6.45, 7) is 0.260. The van der Waals surface area contributed by atoms with Crippen LogP contribution in [0.5, 0.6) is 5.88 Å². The average Bonchev–Trinajstić information content (AvgIpc) is 2.68. The summed E-state index contributed by atoms with van der Waals surface area (Å²) >= 11 is 3.52. The fraction of sp³-hybridized carbons (Fsp3) is 0.238. The number of ether oxygens (including phenoxy) is 1. The molecular weight excluding hydrogens is 406 g/mol. The molecule has 0 spiro atoms. The van der Waals surface area contributed by atoms with E-state index in [1.54, 1.807) is 14.2 Å². The van der Waals surface area contributed by atoms with Gasteiger partial charge in [-0.15, -0.1) is 0 Å². The summed E-state index contributed by atoms with van der Waals surface area (Å²) < 4.78 is 6.61. The summed E-state index contributed by atoms with van der Waals surface area (Å²) in [6, 6.07) is 17.9. The van der Waals surface area contributed by atoms with Crippen molar-refractivity contribution < 1.29 is 9.53 Å². The van der Waals surface area contributed by atoms with Gasteiger partial charge in [0.2, 0.25) is 11.8 Å². The highest BCUT2D eigenvalue weighted by atomic mass is 79.9. The van der Waals surface area contributed by atoms with Crippen molar-refractivity contribution in [3.63, 3.8) is 0 Å². The predicted molar refractivity (Wildman–Crippen MR) is 111 cm³/mol. The van der Waals surface area contributed by atoms with Gasteiger partial charge in [0.15, 0.2) is 0 Å². The fourth-order valence-corrected chi connectivity index (χ4v) is 3.59. The molecule has 1 unspecified atom stereocenters. The van der Waals surface area contributed by atoms with E-state index in [1.807, 2.05) is 48.3 Å². The first-order valence-corrected chi connectivity index (χ1v) is 9.42. The lowest BCUT2D eigenvalue weighted by atomic mass is 9.96. The van der Waals surface area contributed by atoms with Gasteiger partial charge in [-0.2, -0.15) is 0 Å². The number of hydrogen-bond donors (Lipinski definition) is 1. The maximum absolute atomic E-state index is 12.0. The fourth-order valence-electron chi connectivity index (χ4n) is 3.21. The molecule has 3 rings (SSSR count). The lowest BCUT2D eigenvalue weighted by molar-refractivity contribution is -0.121. The monoisotopic (exact) mass is 427 g/mol. The zero-order chi connectivity index (χ0) is 19.4. The SMILES string of the molecule is CNC(=O)CN(C)C(c1ccccc1)c1cc2cc(Br)ccc2nc1OC. The summed E-state index contributed by atoms with van der Waals surface area (Å²) in [4.78, 5) is 18.7. The quantitative estimate of drug-likeness (QED) is 0.650. The lowest BCUT2D eigenvalue weighted by Gasteiger charge is -2.29. The molecule has 0 fully saturated rings. The van der Waals surface area contributed by atoms with E-state index in [9.17, 15) is 4.79 Å². The predicted octanol–water partition coefficient (Wildman–Crippen LogP) is 3.77. The summed E-state index contributed by atoms with van der Waals surface area (Å²) in [5.74, 6) is 0.510. The summed E-state index contributed by atoms with van der Waals surface area (Å²) in [5.41, 5.74) is 2.85. The summed E-state index contributed by atoms with van der Waals surface area (Å²) in [7, 11) is 5.19. The first-order valence-electron chi connectivity index (χ1n) is 8.63. The molecule has 1 amide bonds. The number of amides is 1. The number of nitrogens with zero attached hydrogens (tertiary/aromatic N) is 2. The van der Waals surface area contributed by atoms with Crippen LogP contribution in [0.4, 0.5) is 0 Å². The van der Waals surface area contributed by atoms with E-state index in [1.165, 1.54) is 0 Å². The van der Waals surface area contributed by atoms with E-state index in [-0.39, 0.29) is 18.5 Å². The molecule has 1 heterocycles. The third kappa shape index (κ3) is 4.28. The second-order valence-electron chi connectivity index (χ2n) is 6.33. The van der Waals surface area contributed by atoms with Crippen LogP contribution < -0.4 is 10.1 Å². The van der Waals surface area contributed by atoms with Gasteiger partial charge in [0.1, 0.15) is 0 Å².